The van der Waals surface area contributed by atoms with Crippen LogP contribution in [-0.2, 0) is 28.7 Å². The zero-order chi connectivity index (χ0) is 72.2. The average molecular weight is 1560 g/mol. The fraction of sp³-hybridized carbons (Fsp3) is 0.352. The van der Waals surface area contributed by atoms with Gasteiger partial charge < -0.3 is 64.7 Å². The van der Waals surface area contributed by atoms with Gasteiger partial charge in [0.25, 0.3) is 10.1 Å². The second kappa shape index (κ2) is 36.9. The maximum absolute atomic E-state index is 13.4. The van der Waals surface area contributed by atoms with Gasteiger partial charge in [-0.1, -0.05) is 55.3 Å². The van der Waals surface area contributed by atoms with E-state index in [2.05, 4.69) is 114 Å². The number of nitrogens with two attached hydrogens (primary N) is 1. The van der Waals surface area contributed by atoms with Crippen molar-refractivity contribution in [2.75, 3.05) is 132 Å². The van der Waals surface area contributed by atoms with E-state index >= 15 is 0 Å². The molecule has 3 aliphatic rings. The highest BCUT2D eigenvalue weighted by Crippen LogP contribution is 2.54. The van der Waals surface area contributed by atoms with Crippen molar-refractivity contribution < 1.29 is 46.2 Å². The number of pyridine rings is 2. The molecule has 8 aromatic rings. The number of methoxy groups -OCH3 is 2. The van der Waals surface area contributed by atoms with Gasteiger partial charge in [0.15, 0.2) is 0 Å². The van der Waals surface area contributed by atoms with Crippen LogP contribution in [0.15, 0.2) is 153 Å². The maximum Gasteiger partial charge on any atom is 0.294 e. The second-order valence-electron chi connectivity index (χ2n) is 24.3. The number of aromatic nitrogens is 6. The summed E-state index contributed by atoms with van der Waals surface area (Å²) >= 11 is 12.9. The van der Waals surface area contributed by atoms with Crippen LogP contribution in [0.5, 0.6) is 11.5 Å². The van der Waals surface area contributed by atoms with Gasteiger partial charge in [-0.05, 0) is 194 Å². The molecular weight excluding hydrogens is 1470 g/mol. The Morgan fingerprint density at radius 2 is 1.23 bits per heavy atom. The number of morpholine rings is 2. The standard InChI is InChI=1S/C30H36BrN6O3P.C18H17BrClN4OP.C12H18N2O2.C7H8O3S.C4H10O/c1-19-6-8-23(32-17-19)21-7-9-24(28(15-21)41(4,5)38)34-29-22(31)18-33-30(36-29)35-25-16-27(39-3)26(14-20(25)2)37-10-12-40-13-11-37;1-11-4-6-14(21-9-11)12-5-7-15(16(8-12)26(2,3)25)23-17-13(19)10-22-18(20)24-17;1-9-7-11(12(15-2)8-10(9)13)14-3-5-16-6-4-14;1-6-2-4-7(5-3-6)11(8,9)10;1-2-3-4-5/h6-9,14,16-18,21H,10-13,15H2,1-5H3,(H2,33,34,35,36);4-10H,1-3H3,(H,22,23,24);7-8H,3-6,13H2,1-2H3;2-5H,1H3,(H,8,9,10);5H,2-4H2,1H3. The molecule has 28 heteroatoms. The van der Waals surface area contributed by atoms with Crippen LogP contribution in [-0.4, -0.2) is 148 Å². The van der Waals surface area contributed by atoms with Gasteiger partial charge in [0.2, 0.25) is 11.2 Å². The molecule has 4 aromatic heterocycles. The Labute approximate surface area is 603 Å². The van der Waals surface area contributed by atoms with Crippen LogP contribution < -0.4 is 46.3 Å². The van der Waals surface area contributed by atoms with Gasteiger partial charge in [-0.25, -0.2) is 9.97 Å². The van der Waals surface area contributed by atoms with E-state index in [4.69, 9.17) is 50.9 Å². The van der Waals surface area contributed by atoms with Gasteiger partial charge in [0.1, 0.15) is 37.4 Å². The molecule has 0 bridgehead atoms. The molecule has 1 aliphatic carbocycles. The van der Waals surface area contributed by atoms with Gasteiger partial charge in [-0.15, -0.1) is 0 Å². The smallest absolute Gasteiger partial charge is 0.294 e. The number of rotatable bonds is 17. The van der Waals surface area contributed by atoms with Crippen molar-refractivity contribution >= 4 is 119 Å². The summed E-state index contributed by atoms with van der Waals surface area (Å²) in [5.41, 5.74) is 19.2. The molecule has 7 N–H and O–H groups in total. The topological polar surface area (TPSA) is 292 Å². The molecule has 1 unspecified atom stereocenters. The molecule has 6 heterocycles. The monoisotopic (exact) mass is 1560 g/mol. The minimum atomic E-state index is -4.02. The molecule has 2 saturated heterocycles. The Morgan fingerprint density at radius 3 is 1.76 bits per heavy atom. The number of allylic oxidation sites excluding steroid dienone is 3. The van der Waals surface area contributed by atoms with Crippen molar-refractivity contribution in [1.82, 2.24) is 29.9 Å². The lowest BCUT2D eigenvalue weighted by Crippen LogP contribution is -2.36. The Bertz CT molecular complexity index is 4310. The number of aliphatic hydroxyl groups is 1. The van der Waals surface area contributed by atoms with E-state index in [1.807, 2.05) is 115 Å². The molecule has 530 valence electrons. The quantitative estimate of drug-likeness (QED) is 0.0214. The third-order valence-corrected chi connectivity index (χ3v) is 21.3. The summed E-state index contributed by atoms with van der Waals surface area (Å²) < 4.78 is 79.2. The number of ether oxygens (including phenoxy) is 4. The van der Waals surface area contributed by atoms with Crippen LogP contribution >= 0.6 is 57.7 Å². The van der Waals surface area contributed by atoms with Crippen molar-refractivity contribution in [2.45, 2.75) is 71.6 Å². The number of nitrogens with zero attached hydrogens (tertiary/aromatic N) is 8. The lowest BCUT2D eigenvalue weighted by Gasteiger charge is -2.30. The first-order chi connectivity index (χ1) is 47.0. The summed E-state index contributed by atoms with van der Waals surface area (Å²) in [4.78, 5) is 30.9. The minimum absolute atomic E-state index is 0.0637. The predicted octanol–water partition coefficient (Wildman–Crippen LogP) is 15.5. The first kappa shape index (κ1) is 79.1. The molecule has 2 aliphatic heterocycles. The van der Waals surface area contributed by atoms with Crippen LogP contribution in [0.2, 0.25) is 5.28 Å². The number of halogens is 3. The molecule has 0 spiro atoms. The van der Waals surface area contributed by atoms with Crippen LogP contribution in [0, 0.1) is 34.6 Å². The minimum Gasteiger partial charge on any atom is -0.495 e. The third-order valence-electron chi connectivity index (χ3n) is 15.8. The number of aliphatic hydroxyl groups excluding tert-OH is 1. The molecular formula is C71H89Br2ClN12O10P2S. The molecule has 1 atom stereocenters. The SMILES string of the molecule is CCCCO.COc1cc(N)c(C)cc1N1CCOCC1.COc1cc(Nc2ncc(Br)c(NC3=C(P(C)(C)=O)CC(c4ccc(C)cn4)C=C3)n2)c(C)cc1N1CCOCC1.Cc1ccc(-c2ccc(Nc3nc(Cl)ncc3Br)c(P(C)(C)=O)c2)nc1.Cc1ccc(S(=O)(=O)O)cc1. The van der Waals surface area contributed by atoms with Crippen LogP contribution in [0.4, 0.5) is 46.0 Å². The molecule has 0 amide bonds. The highest BCUT2D eigenvalue weighted by molar-refractivity contribution is 9.11. The summed E-state index contributed by atoms with van der Waals surface area (Å²) in [6, 6.07) is 27.9. The zero-order valence-electron chi connectivity index (χ0n) is 57.9. The molecule has 2 fully saturated rings. The summed E-state index contributed by atoms with van der Waals surface area (Å²) in [5, 5.41) is 19.8. The lowest BCUT2D eigenvalue weighted by molar-refractivity contribution is 0.122. The average Bonchev–Trinajstić information content (AvgIpc) is 0.821. The van der Waals surface area contributed by atoms with Gasteiger partial charge >= 0.3 is 0 Å². The molecule has 0 saturated carbocycles. The van der Waals surface area contributed by atoms with Gasteiger partial charge in [-0.2, -0.15) is 18.4 Å². The van der Waals surface area contributed by atoms with E-state index in [0.717, 1.165) is 148 Å². The number of anilines is 8. The summed E-state index contributed by atoms with van der Waals surface area (Å²) in [6.45, 7) is 25.8. The molecule has 4 aromatic carbocycles. The number of aryl methyl sites for hydroxylation is 5. The van der Waals surface area contributed by atoms with E-state index in [1.54, 1.807) is 52.1 Å². The van der Waals surface area contributed by atoms with Gasteiger partial charge in [0, 0.05) is 115 Å². The van der Waals surface area contributed by atoms with Gasteiger partial charge in [-0.3, -0.25) is 14.5 Å². The van der Waals surface area contributed by atoms with Crippen molar-refractivity contribution in [2.24, 2.45) is 0 Å². The van der Waals surface area contributed by atoms with Crippen molar-refractivity contribution in [3.63, 3.8) is 0 Å². The summed E-state index contributed by atoms with van der Waals surface area (Å²) in [6.07, 6.45) is 13.7. The highest BCUT2D eigenvalue weighted by Gasteiger charge is 2.28. The molecule has 99 heavy (non-hydrogen) atoms. The fourth-order valence-corrected chi connectivity index (χ4v) is 13.9. The summed E-state index contributed by atoms with van der Waals surface area (Å²) in [7, 11) is -5.80. The number of benzene rings is 4. The number of nitrogens with one attached hydrogen (secondary N) is 3. The Morgan fingerprint density at radius 1 is 0.667 bits per heavy atom. The highest BCUT2D eigenvalue weighted by atomic mass is 79.9. The zero-order valence-corrected chi connectivity index (χ0v) is 64.5. The largest absolute Gasteiger partial charge is 0.495 e. The van der Waals surface area contributed by atoms with Crippen LogP contribution in [0.1, 0.15) is 65.6 Å². The Hall–Kier alpha value is -7.28. The number of nitrogen functional groups attached to an aromatic ring is 1. The van der Waals surface area contributed by atoms with Gasteiger partial charge in [0.05, 0.1) is 77.2 Å². The maximum atomic E-state index is 13.4. The van der Waals surface area contributed by atoms with E-state index < -0.39 is 24.4 Å². The second-order valence-corrected chi connectivity index (χ2v) is 34.2. The first-order valence-electron chi connectivity index (χ1n) is 32.0. The Kier molecular flexibility index (Phi) is 29.4. The predicted molar refractivity (Wildman–Crippen MR) is 409 cm³/mol. The van der Waals surface area contributed by atoms with Crippen molar-refractivity contribution in [3.8, 4) is 22.8 Å². The van der Waals surface area contributed by atoms with Crippen LogP contribution in [0.25, 0.3) is 11.3 Å². The Balaban J connectivity index is 0.000000201. The van der Waals surface area contributed by atoms with E-state index in [-0.39, 0.29) is 16.1 Å². The molecule has 11 rings (SSSR count). The number of hydrogen-bond acceptors (Lipinski definition) is 21. The molecule has 22 nitrogen and oxygen atoms in total. The number of unbranched alkanes of at least 4 members (excludes halogenated alkanes) is 1. The third kappa shape index (κ3) is 23.4. The van der Waals surface area contributed by atoms with E-state index in [9.17, 15) is 17.5 Å². The lowest BCUT2D eigenvalue weighted by atomic mass is 9.95. The normalized spacial score (nSPS) is 14.6. The van der Waals surface area contributed by atoms with E-state index in [0.29, 0.717) is 58.5 Å². The van der Waals surface area contributed by atoms with Crippen molar-refractivity contribution in [3.05, 3.63) is 187 Å². The van der Waals surface area contributed by atoms with Crippen LogP contribution in [0.3, 0.4) is 0 Å². The molecule has 0 radical (unpaired) electrons. The number of hydrogen-bond donors (Lipinski definition) is 6. The van der Waals surface area contributed by atoms with E-state index in [1.165, 1.54) is 12.1 Å². The van der Waals surface area contributed by atoms with Crippen molar-refractivity contribution in [1.29, 1.82) is 0 Å². The summed E-state index contributed by atoms with van der Waals surface area (Å²) in [5.74, 6) is 3.20. The fourth-order valence-electron chi connectivity index (χ4n) is 10.2. The first-order valence-corrected chi connectivity index (χ1v) is 40.6.